The van der Waals surface area contributed by atoms with Crippen molar-refractivity contribution in [3.63, 3.8) is 0 Å². The summed E-state index contributed by atoms with van der Waals surface area (Å²) >= 11 is 4.40. The topological polar surface area (TPSA) is 28.2 Å². The summed E-state index contributed by atoms with van der Waals surface area (Å²) in [6, 6.07) is 5.91. The summed E-state index contributed by atoms with van der Waals surface area (Å²) in [5, 5.41) is 0. The predicted octanol–water partition coefficient (Wildman–Crippen LogP) is 2.18. The smallest absolute Gasteiger partial charge is 0.137 e. The van der Waals surface area contributed by atoms with E-state index in [-0.39, 0.29) is 0 Å². The highest BCUT2D eigenvalue weighted by atomic mass is 127. The van der Waals surface area contributed by atoms with Crippen LogP contribution in [-0.4, -0.2) is 18.1 Å². The molecule has 0 aromatic carbocycles. The van der Waals surface area contributed by atoms with E-state index in [0.29, 0.717) is 0 Å². The van der Waals surface area contributed by atoms with E-state index in [1.807, 2.05) is 18.2 Å². The number of nitrogens with zero attached hydrogens (tertiary/aromatic N) is 2. The highest BCUT2D eigenvalue weighted by Gasteiger charge is 2.00. The van der Waals surface area contributed by atoms with Crippen LogP contribution in [0.2, 0.25) is 0 Å². The first-order chi connectivity index (χ1) is 5.84. The maximum Gasteiger partial charge on any atom is 0.137 e. The van der Waals surface area contributed by atoms with Crippen LogP contribution in [0.3, 0.4) is 0 Å². The first-order valence-electron chi connectivity index (χ1n) is 3.52. The lowest BCUT2D eigenvalue weighted by Crippen LogP contribution is -2.20. The fourth-order valence-corrected chi connectivity index (χ4v) is 1.52. The van der Waals surface area contributed by atoms with Crippen molar-refractivity contribution in [2.75, 3.05) is 16.2 Å². The Hall–Kier alpha value is 0.370. The summed E-state index contributed by atoms with van der Waals surface area (Å²) in [4.78, 5) is 4.22. The monoisotopic (exact) mass is 389 g/mol. The van der Waals surface area contributed by atoms with Gasteiger partial charge in [0.15, 0.2) is 0 Å². The number of nitrogens with one attached hydrogen (secondary N) is 1. The van der Waals surface area contributed by atoms with Crippen molar-refractivity contribution in [2.45, 2.75) is 0 Å². The van der Waals surface area contributed by atoms with E-state index in [2.05, 4.69) is 57.4 Å². The molecule has 0 aliphatic rings. The van der Waals surface area contributed by atoms with Crippen molar-refractivity contribution >= 4 is 51.5 Å². The number of anilines is 1. The average Bonchev–Trinajstić information content (AvgIpc) is 2.15. The minimum absolute atomic E-state index is 0.958. The van der Waals surface area contributed by atoms with Gasteiger partial charge < -0.3 is 0 Å². The number of pyridine rings is 1. The molecule has 0 spiro atoms. The van der Waals surface area contributed by atoms with E-state index in [0.717, 1.165) is 18.9 Å². The van der Waals surface area contributed by atoms with E-state index in [1.54, 1.807) is 6.20 Å². The number of aromatic nitrogens is 1. The predicted molar refractivity (Wildman–Crippen MR) is 67.6 cm³/mol. The highest BCUT2D eigenvalue weighted by Crippen LogP contribution is 2.12. The Morgan fingerprint density at radius 1 is 1.50 bits per heavy atom. The fraction of sp³-hybridized carbons (Fsp3) is 0.286. The molecule has 66 valence electrons. The van der Waals surface area contributed by atoms with Crippen LogP contribution >= 0.6 is 45.7 Å². The molecule has 0 aliphatic heterocycles. The third-order valence-corrected chi connectivity index (χ3v) is 2.82. The molecule has 0 amide bonds. The maximum absolute atomic E-state index is 4.22. The van der Waals surface area contributed by atoms with E-state index < -0.39 is 0 Å². The summed E-state index contributed by atoms with van der Waals surface area (Å²) in [7, 11) is 0. The molecule has 0 atom stereocenters. The van der Waals surface area contributed by atoms with Gasteiger partial charge in [0.2, 0.25) is 0 Å². The largest absolute Gasteiger partial charge is 0.298 e. The van der Waals surface area contributed by atoms with Crippen LogP contribution in [0.5, 0.6) is 0 Å². The van der Waals surface area contributed by atoms with Gasteiger partial charge in [0.1, 0.15) is 5.82 Å². The molecular weight excluding hydrogens is 380 g/mol. The zero-order chi connectivity index (χ0) is 8.81. The van der Waals surface area contributed by atoms with Crippen LogP contribution in [0.15, 0.2) is 24.4 Å². The Labute approximate surface area is 99.9 Å². The number of halogens is 2. The van der Waals surface area contributed by atoms with Gasteiger partial charge in [-0.05, 0) is 12.1 Å². The van der Waals surface area contributed by atoms with Crippen LogP contribution in [-0.2, 0) is 0 Å². The zero-order valence-corrected chi connectivity index (χ0v) is 10.7. The molecule has 1 aromatic rings. The summed E-state index contributed by atoms with van der Waals surface area (Å²) in [6.45, 7) is 1.92. The lowest BCUT2D eigenvalue weighted by molar-refractivity contribution is 0.941. The molecule has 0 radical (unpaired) electrons. The van der Waals surface area contributed by atoms with Crippen molar-refractivity contribution < 1.29 is 0 Å². The van der Waals surface area contributed by atoms with Crippen LogP contribution in [0.1, 0.15) is 0 Å². The first-order valence-corrected chi connectivity index (χ1v) is 5.57. The molecule has 0 unspecified atom stereocenters. The Morgan fingerprint density at radius 2 is 2.33 bits per heavy atom. The van der Waals surface area contributed by atoms with Crippen LogP contribution < -0.4 is 6.64 Å². The van der Waals surface area contributed by atoms with E-state index in [1.165, 1.54) is 0 Å². The number of hydrogen-bond acceptors (Lipinski definition) is 3. The summed E-state index contributed by atoms with van der Waals surface area (Å²) < 4.78 is 5.15. The first kappa shape index (κ1) is 10.5. The lowest BCUT2D eigenvalue weighted by Gasteiger charge is -2.13. The van der Waals surface area contributed by atoms with Crippen LogP contribution in [0, 0.1) is 0 Å². The average molecular weight is 389 g/mol. The third kappa shape index (κ3) is 3.40. The van der Waals surface area contributed by atoms with Gasteiger partial charge in [0.25, 0.3) is 0 Å². The van der Waals surface area contributed by atoms with Gasteiger partial charge in [-0.2, -0.15) is 0 Å². The molecule has 1 rings (SSSR count). The zero-order valence-electron chi connectivity index (χ0n) is 6.37. The standard InChI is InChI=1S/C7H9I2N3/c8-11-5-6-12(9)7-3-1-2-4-10-7/h1-4,11H,5-6H2. The Morgan fingerprint density at radius 3 is 2.92 bits per heavy atom. The molecule has 1 N–H and O–H groups in total. The van der Waals surface area contributed by atoms with Crippen LogP contribution in [0.25, 0.3) is 0 Å². The van der Waals surface area contributed by atoms with Gasteiger partial charge in [0, 0.05) is 42.2 Å². The van der Waals surface area contributed by atoms with Gasteiger partial charge in [-0.3, -0.25) is 6.64 Å². The van der Waals surface area contributed by atoms with Gasteiger partial charge in [0.05, 0.1) is 22.9 Å². The molecule has 0 saturated carbocycles. The Balaban J connectivity index is 2.48. The molecule has 0 saturated heterocycles. The number of hydrogen-bond donors (Lipinski definition) is 1. The number of rotatable bonds is 4. The molecule has 0 bridgehead atoms. The van der Waals surface area contributed by atoms with Gasteiger partial charge in [-0.15, -0.1) is 0 Å². The molecular formula is C7H9I2N3. The summed E-state index contributed by atoms with van der Waals surface area (Å²) in [6.07, 6.45) is 1.80. The van der Waals surface area contributed by atoms with Crippen molar-refractivity contribution in [1.82, 2.24) is 8.51 Å². The van der Waals surface area contributed by atoms with Gasteiger partial charge in [-0.25, -0.2) is 4.98 Å². The SMILES string of the molecule is INCCN(I)c1ccccn1. The Bertz CT molecular complexity index is 217. The second-order valence-corrected chi connectivity index (χ2v) is 4.08. The Kier molecular flexibility index (Phi) is 5.16. The van der Waals surface area contributed by atoms with E-state index in [4.69, 9.17) is 0 Å². The van der Waals surface area contributed by atoms with E-state index in [9.17, 15) is 0 Å². The van der Waals surface area contributed by atoms with Gasteiger partial charge >= 0.3 is 0 Å². The minimum atomic E-state index is 0.958. The van der Waals surface area contributed by atoms with E-state index >= 15 is 0 Å². The molecule has 3 nitrogen and oxygen atoms in total. The molecule has 0 aliphatic carbocycles. The quantitative estimate of drug-likeness (QED) is 0.633. The summed E-state index contributed by atoms with van der Waals surface area (Å²) in [5.41, 5.74) is 0. The fourth-order valence-electron chi connectivity index (χ4n) is 0.752. The normalized spacial score (nSPS) is 9.83. The second kappa shape index (κ2) is 5.92. The molecule has 1 aromatic heterocycles. The lowest BCUT2D eigenvalue weighted by atomic mass is 10.4. The van der Waals surface area contributed by atoms with Crippen molar-refractivity contribution in [2.24, 2.45) is 0 Å². The van der Waals surface area contributed by atoms with Crippen molar-refractivity contribution in [3.8, 4) is 0 Å². The molecule has 12 heavy (non-hydrogen) atoms. The van der Waals surface area contributed by atoms with Gasteiger partial charge in [-0.1, -0.05) is 6.07 Å². The van der Waals surface area contributed by atoms with Crippen LogP contribution in [0.4, 0.5) is 5.82 Å². The molecule has 0 fully saturated rings. The molecule has 1 heterocycles. The summed E-state index contributed by atoms with van der Waals surface area (Å²) in [5.74, 6) is 1.00. The molecule has 5 heteroatoms. The third-order valence-electron chi connectivity index (χ3n) is 1.30. The van der Waals surface area contributed by atoms with Crippen molar-refractivity contribution in [3.05, 3.63) is 24.4 Å². The second-order valence-electron chi connectivity index (χ2n) is 2.16. The minimum Gasteiger partial charge on any atom is -0.298 e. The highest BCUT2D eigenvalue weighted by molar-refractivity contribution is 14.1. The maximum atomic E-state index is 4.22. The van der Waals surface area contributed by atoms with Crippen molar-refractivity contribution in [1.29, 1.82) is 0 Å².